The maximum atomic E-state index is 12.1. The maximum absolute atomic E-state index is 12.1. The van der Waals surface area contributed by atoms with E-state index in [-0.39, 0.29) is 6.03 Å². The van der Waals surface area contributed by atoms with Gasteiger partial charge in [-0.15, -0.1) is 0 Å². The van der Waals surface area contributed by atoms with Crippen LogP contribution in [0.5, 0.6) is 0 Å². The molecule has 0 radical (unpaired) electrons. The summed E-state index contributed by atoms with van der Waals surface area (Å²) in [6.45, 7) is 6.39. The van der Waals surface area contributed by atoms with Crippen molar-refractivity contribution < 1.29 is 4.79 Å². The molecule has 0 fully saturated rings. The van der Waals surface area contributed by atoms with Crippen LogP contribution >= 0.6 is 0 Å². The highest BCUT2D eigenvalue weighted by molar-refractivity contribution is 5.90. The monoisotopic (exact) mass is 378 g/mol. The van der Waals surface area contributed by atoms with Crippen LogP contribution in [0.25, 0.3) is 5.57 Å². The van der Waals surface area contributed by atoms with Crippen LogP contribution < -0.4 is 21.9 Å². The summed E-state index contributed by atoms with van der Waals surface area (Å²) in [7, 11) is 1.86. The van der Waals surface area contributed by atoms with Crippen molar-refractivity contribution in [3.8, 4) is 0 Å². The molecule has 0 spiro atoms. The number of rotatable bonds is 6. The van der Waals surface area contributed by atoms with Gasteiger partial charge >= 0.3 is 6.03 Å². The van der Waals surface area contributed by atoms with Crippen molar-refractivity contribution in [3.05, 3.63) is 72.2 Å². The van der Waals surface area contributed by atoms with E-state index in [1.807, 2.05) is 30.7 Å². The van der Waals surface area contributed by atoms with Crippen LogP contribution in [-0.4, -0.2) is 25.6 Å². The highest BCUT2D eigenvalue weighted by Gasteiger charge is 2.12. The minimum absolute atomic E-state index is 0.348. The highest BCUT2D eigenvalue weighted by atomic mass is 16.2. The lowest BCUT2D eigenvalue weighted by Crippen LogP contribution is -2.29. The number of nitrogens with two attached hydrogens (primary N) is 1. The van der Waals surface area contributed by atoms with Gasteiger partial charge in [0.05, 0.1) is 24.3 Å². The molecular weight excluding hydrogens is 356 g/mol. The number of carbonyl (C=O) groups excluding carboxylic acids is 1. The largest absolute Gasteiger partial charge is 0.336 e. The topological polar surface area (TPSA) is 123 Å². The molecule has 144 valence electrons. The van der Waals surface area contributed by atoms with Crippen LogP contribution in [0.3, 0.4) is 0 Å². The zero-order valence-corrected chi connectivity index (χ0v) is 15.7. The Morgan fingerprint density at radius 1 is 1.29 bits per heavy atom. The van der Waals surface area contributed by atoms with Crippen LogP contribution in [0.1, 0.15) is 22.5 Å². The molecule has 3 rings (SSSR count). The smallest absolute Gasteiger partial charge is 0.320 e. The fraction of sp³-hybridized carbons (Fsp3) is 0.158. The van der Waals surface area contributed by atoms with Crippen molar-refractivity contribution in [1.29, 1.82) is 0 Å². The Kier molecular flexibility index (Phi) is 5.66. The van der Waals surface area contributed by atoms with Gasteiger partial charge in [0, 0.05) is 43.0 Å². The first-order chi connectivity index (χ1) is 13.5. The van der Waals surface area contributed by atoms with Crippen molar-refractivity contribution in [2.75, 3.05) is 10.7 Å². The molecule has 9 heteroatoms. The molecule has 28 heavy (non-hydrogen) atoms. The summed E-state index contributed by atoms with van der Waals surface area (Å²) < 4.78 is 1.83. The van der Waals surface area contributed by atoms with Crippen molar-refractivity contribution in [1.82, 2.24) is 24.8 Å². The van der Waals surface area contributed by atoms with Gasteiger partial charge in [-0.1, -0.05) is 6.58 Å². The van der Waals surface area contributed by atoms with Crippen molar-refractivity contribution in [2.24, 2.45) is 12.9 Å². The third-order valence-corrected chi connectivity index (χ3v) is 4.22. The number of hydrazine groups is 1. The molecular formula is C19H22N8O. The summed E-state index contributed by atoms with van der Waals surface area (Å²) in [5.74, 6) is 6.03. The molecule has 3 aromatic heterocycles. The van der Waals surface area contributed by atoms with E-state index in [0.717, 1.165) is 28.1 Å². The summed E-state index contributed by atoms with van der Waals surface area (Å²) in [5, 5.41) is 5.44. The molecule has 3 heterocycles. The average molecular weight is 378 g/mol. The number of carbonyl (C=O) groups is 1. The number of imidazole rings is 1. The van der Waals surface area contributed by atoms with Crippen LogP contribution in [0, 0.1) is 6.92 Å². The summed E-state index contributed by atoms with van der Waals surface area (Å²) in [6, 6.07) is 5.07. The number of amides is 2. The number of nitrogen functional groups attached to an aromatic ring is 1. The van der Waals surface area contributed by atoms with Crippen molar-refractivity contribution in [3.63, 3.8) is 0 Å². The number of nitrogens with zero attached hydrogens (tertiary/aromatic N) is 4. The normalized spacial score (nSPS) is 10.4. The number of anilines is 2. The van der Waals surface area contributed by atoms with E-state index < -0.39 is 0 Å². The molecule has 0 unspecified atom stereocenters. The number of hydrogen-bond acceptors (Lipinski definition) is 6. The molecule has 0 saturated heterocycles. The highest BCUT2D eigenvalue weighted by Crippen LogP contribution is 2.28. The summed E-state index contributed by atoms with van der Waals surface area (Å²) in [6.07, 6.45) is 6.70. The van der Waals surface area contributed by atoms with Gasteiger partial charge in [-0.3, -0.25) is 16.1 Å². The van der Waals surface area contributed by atoms with E-state index in [1.165, 1.54) is 0 Å². The van der Waals surface area contributed by atoms with Crippen LogP contribution in [0.4, 0.5) is 16.3 Å². The van der Waals surface area contributed by atoms with Crippen molar-refractivity contribution >= 4 is 23.1 Å². The predicted octanol–water partition coefficient (Wildman–Crippen LogP) is 2.19. The summed E-state index contributed by atoms with van der Waals surface area (Å²) in [5.41, 5.74) is 7.39. The molecule has 0 saturated carbocycles. The van der Waals surface area contributed by atoms with Crippen LogP contribution in [0.15, 0.2) is 49.7 Å². The van der Waals surface area contributed by atoms with E-state index in [2.05, 4.69) is 37.6 Å². The van der Waals surface area contributed by atoms with E-state index >= 15 is 0 Å². The van der Waals surface area contributed by atoms with Crippen LogP contribution in [-0.2, 0) is 13.6 Å². The second kappa shape index (κ2) is 8.31. The SMILES string of the molecule is C=C(c1ccnc(C)c1)c1cnc(NC(=O)NCc2cncn2C)cc1NN. The van der Waals surface area contributed by atoms with E-state index in [9.17, 15) is 4.79 Å². The quantitative estimate of drug-likeness (QED) is 0.385. The van der Waals surface area contributed by atoms with E-state index in [1.54, 1.807) is 31.0 Å². The van der Waals surface area contributed by atoms with Gasteiger partial charge in [0.15, 0.2) is 0 Å². The second-order valence-electron chi connectivity index (χ2n) is 6.23. The lowest BCUT2D eigenvalue weighted by atomic mass is 10.00. The Labute approximate surface area is 162 Å². The Hall–Kier alpha value is -3.72. The first-order valence-electron chi connectivity index (χ1n) is 8.57. The van der Waals surface area contributed by atoms with Gasteiger partial charge in [0.1, 0.15) is 5.82 Å². The van der Waals surface area contributed by atoms with E-state index in [4.69, 9.17) is 5.84 Å². The second-order valence-corrected chi connectivity index (χ2v) is 6.23. The first kappa shape index (κ1) is 19.1. The third kappa shape index (κ3) is 4.33. The van der Waals surface area contributed by atoms with Gasteiger partial charge in [-0.2, -0.15) is 0 Å². The first-order valence-corrected chi connectivity index (χ1v) is 8.57. The lowest BCUT2D eigenvalue weighted by molar-refractivity contribution is 0.251. The number of hydrogen-bond donors (Lipinski definition) is 4. The predicted molar refractivity (Wildman–Crippen MR) is 108 cm³/mol. The summed E-state index contributed by atoms with van der Waals surface area (Å²) >= 11 is 0. The van der Waals surface area contributed by atoms with Gasteiger partial charge in [-0.25, -0.2) is 14.8 Å². The number of urea groups is 1. The molecule has 3 aromatic rings. The Balaban J connectivity index is 1.71. The lowest BCUT2D eigenvalue weighted by Gasteiger charge is -2.14. The molecule has 0 atom stereocenters. The van der Waals surface area contributed by atoms with E-state index in [0.29, 0.717) is 18.1 Å². The maximum Gasteiger partial charge on any atom is 0.320 e. The molecule has 9 nitrogen and oxygen atoms in total. The summed E-state index contributed by atoms with van der Waals surface area (Å²) in [4.78, 5) is 24.6. The Morgan fingerprint density at radius 3 is 2.79 bits per heavy atom. The van der Waals surface area contributed by atoms with Gasteiger partial charge in [0.2, 0.25) is 0 Å². The molecule has 0 aliphatic rings. The Morgan fingerprint density at radius 2 is 2.11 bits per heavy atom. The van der Waals surface area contributed by atoms with Gasteiger partial charge < -0.3 is 15.3 Å². The van der Waals surface area contributed by atoms with Crippen LogP contribution in [0.2, 0.25) is 0 Å². The molecule has 0 aliphatic heterocycles. The number of nitrogens with one attached hydrogen (secondary N) is 3. The molecule has 0 bridgehead atoms. The van der Waals surface area contributed by atoms with Gasteiger partial charge in [-0.05, 0) is 30.2 Å². The average Bonchev–Trinajstić information content (AvgIpc) is 3.10. The number of pyridine rings is 2. The zero-order valence-electron chi connectivity index (χ0n) is 15.7. The zero-order chi connectivity index (χ0) is 20.1. The fourth-order valence-electron chi connectivity index (χ4n) is 2.66. The van der Waals surface area contributed by atoms with Crippen molar-refractivity contribution in [2.45, 2.75) is 13.5 Å². The standard InChI is InChI=1S/C19H22N8O/c1-12-6-14(4-5-22-12)13(2)16-10-23-18(7-17(16)26-20)25-19(28)24-9-15-8-21-11-27(15)3/h4-8,10-11H,2,9,20H2,1,3H3,(H3,23,24,25,26,28). The fourth-order valence-corrected chi connectivity index (χ4v) is 2.66. The molecule has 0 aliphatic carbocycles. The minimum atomic E-state index is -0.381. The third-order valence-electron chi connectivity index (χ3n) is 4.22. The minimum Gasteiger partial charge on any atom is -0.336 e. The number of aryl methyl sites for hydroxylation is 2. The molecule has 2 amide bonds. The number of aromatic nitrogens is 4. The van der Waals surface area contributed by atoms with Gasteiger partial charge in [0.25, 0.3) is 0 Å². The Bertz CT molecular complexity index is 1010. The molecule has 5 N–H and O–H groups in total. The molecule has 0 aromatic carbocycles.